The van der Waals surface area contributed by atoms with Gasteiger partial charge in [0.05, 0.1) is 0 Å². The van der Waals surface area contributed by atoms with Gasteiger partial charge >= 0.3 is 5.97 Å². The van der Waals surface area contributed by atoms with Crippen molar-refractivity contribution in [3.05, 3.63) is 29.8 Å². The Labute approximate surface area is 119 Å². The van der Waals surface area contributed by atoms with Crippen LogP contribution in [0.3, 0.4) is 0 Å². The monoisotopic (exact) mass is 278 g/mol. The second-order valence-electron chi connectivity index (χ2n) is 4.97. The molecular formula is C15H22N2O3. The standard InChI is InChI=1S/C15H22N2O3/c1-3-10(2)14(15(19)20)17-13(18)9-8-11-6-4-5-7-12(11)16/h4-7,10,14H,3,8-9,16H2,1-2H3,(H,17,18)(H,19,20)/t10-,14-/m0/s1. The summed E-state index contributed by atoms with van der Waals surface area (Å²) in [4.78, 5) is 23.0. The molecule has 0 aliphatic rings. The number of carbonyl (C=O) groups is 2. The quantitative estimate of drug-likeness (QED) is 0.663. The Morgan fingerprint density at radius 3 is 2.55 bits per heavy atom. The molecule has 0 radical (unpaired) electrons. The number of rotatable bonds is 7. The van der Waals surface area contributed by atoms with E-state index in [0.29, 0.717) is 18.5 Å². The van der Waals surface area contributed by atoms with Crippen LogP contribution in [-0.2, 0) is 16.0 Å². The second-order valence-corrected chi connectivity index (χ2v) is 4.97. The summed E-state index contributed by atoms with van der Waals surface area (Å²) in [5.41, 5.74) is 7.35. The summed E-state index contributed by atoms with van der Waals surface area (Å²) in [6.07, 6.45) is 1.43. The van der Waals surface area contributed by atoms with E-state index < -0.39 is 12.0 Å². The van der Waals surface area contributed by atoms with Gasteiger partial charge in [-0.05, 0) is 24.0 Å². The highest BCUT2D eigenvalue weighted by atomic mass is 16.4. The van der Waals surface area contributed by atoms with Crippen molar-refractivity contribution in [2.45, 2.75) is 39.2 Å². The van der Waals surface area contributed by atoms with Crippen LogP contribution in [0.2, 0.25) is 0 Å². The van der Waals surface area contributed by atoms with Crippen molar-refractivity contribution in [1.29, 1.82) is 0 Å². The van der Waals surface area contributed by atoms with Gasteiger partial charge in [-0.25, -0.2) is 4.79 Å². The van der Waals surface area contributed by atoms with Crippen molar-refractivity contribution < 1.29 is 14.7 Å². The number of hydrogen-bond donors (Lipinski definition) is 3. The zero-order valence-corrected chi connectivity index (χ0v) is 11.9. The second kappa shape index (κ2) is 7.53. The fourth-order valence-electron chi connectivity index (χ4n) is 1.94. The first kappa shape index (κ1) is 16.0. The van der Waals surface area contributed by atoms with Gasteiger partial charge < -0.3 is 16.2 Å². The Kier molecular flexibility index (Phi) is 6.03. The summed E-state index contributed by atoms with van der Waals surface area (Å²) < 4.78 is 0. The molecule has 20 heavy (non-hydrogen) atoms. The summed E-state index contributed by atoms with van der Waals surface area (Å²) in [6.45, 7) is 3.71. The third kappa shape index (κ3) is 4.57. The van der Waals surface area contributed by atoms with Crippen LogP contribution in [0.1, 0.15) is 32.3 Å². The number of carboxylic acid groups (broad SMARTS) is 1. The summed E-state index contributed by atoms with van der Waals surface area (Å²) >= 11 is 0. The smallest absolute Gasteiger partial charge is 0.326 e. The van der Waals surface area contributed by atoms with Crippen molar-refractivity contribution in [3.63, 3.8) is 0 Å². The van der Waals surface area contributed by atoms with Gasteiger partial charge in [-0.2, -0.15) is 0 Å². The van der Waals surface area contributed by atoms with Crippen LogP contribution >= 0.6 is 0 Å². The average molecular weight is 278 g/mol. The number of benzene rings is 1. The molecule has 0 aromatic heterocycles. The van der Waals surface area contributed by atoms with E-state index in [1.807, 2.05) is 32.0 Å². The number of carboxylic acids is 1. The van der Waals surface area contributed by atoms with E-state index in [1.54, 1.807) is 6.07 Å². The lowest BCUT2D eigenvalue weighted by Crippen LogP contribution is -2.45. The fraction of sp³-hybridized carbons (Fsp3) is 0.467. The molecule has 1 aromatic rings. The molecule has 0 heterocycles. The number of anilines is 1. The maximum atomic E-state index is 11.8. The molecule has 0 saturated carbocycles. The van der Waals surface area contributed by atoms with E-state index in [9.17, 15) is 9.59 Å². The number of nitrogens with one attached hydrogen (secondary N) is 1. The highest BCUT2D eigenvalue weighted by Gasteiger charge is 2.24. The topological polar surface area (TPSA) is 92.4 Å². The third-order valence-electron chi connectivity index (χ3n) is 3.47. The lowest BCUT2D eigenvalue weighted by atomic mass is 9.99. The van der Waals surface area contributed by atoms with Gasteiger partial charge in [0, 0.05) is 12.1 Å². The lowest BCUT2D eigenvalue weighted by molar-refractivity contribution is -0.143. The van der Waals surface area contributed by atoms with Crippen LogP contribution in [0.5, 0.6) is 0 Å². The van der Waals surface area contributed by atoms with Crippen molar-refractivity contribution in [1.82, 2.24) is 5.32 Å². The molecule has 0 aliphatic heterocycles. The van der Waals surface area contributed by atoms with E-state index in [-0.39, 0.29) is 18.2 Å². The third-order valence-corrected chi connectivity index (χ3v) is 3.47. The Bertz CT molecular complexity index is 474. The predicted octanol–water partition coefficient (Wildman–Crippen LogP) is 1.82. The van der Waals surface area contributed by atoms with Crippen LogP contribution in [0.15, 0.2) is 24.3 Å². The number of amides is 1. The highest BCUT2D eigenvalue weighted by Crippen LogP contribution is 2.13. The number of hydrogen-bond acceptors (Lipinski definition) is 3. The van der Waals surface area contributed by atoms with Gasteiger partial charge in [0.15, 0.2) is 0 Å². The summed E-state index contributed by atoms with van der Waals surface area (Å²) in [7, 11) is 0. The number of nitrogen functional groups attached to an aromatic ring is 1. The van der Waals surface area contributed by atoms with Gasteiger partial charge in [-0.15, -0.1) is 0 Å². The fourth-order valence-corrected chi connectivity index (χ4v) is 1.94. The molecule has 0 saturated heterocycles. The number of aliphatic carboxylic acids is 1. The number of carbonyl (C=O) groups excluding carboxylic acids is 1. The Balaban J connectivity index is 2.55. The highest BCUT2D eigenvalue weighted by molar-refractivity contribution is 5.83. The molecule has 1 amide bonds. The molecule has 0 fully saturated rings. The zero-order valence-electron chi connectivity index (χ0n) is 11.9. The molecular weight excluding hydrogens is 256 g/mol. The van der Waals surface area contributed by atoms with Gasteiger partial charge in [-0.1, -0.05) is 38.5 Å². The first-order valence-corrected chi connectivity index (χ1v) is 6.81. The Morgan fingerprint density at radius 2 is 2.00 bits per heavy atom. The minimum absolute atomic E-state index is 0.0988. The van der Waals surface area contributed by atoms with Gasteiger partial charge in [-0.3, -0.25) is 4.79 Å². The summed E-state index contributed by atoms with van der Waals surface area (Å²) in [5, 5.41) is 11.7. The van der Waals surface area contributed by atoms with Crippen LogP contribution in [0.25, 0.3) is 0 Å². The van der Waals surface area contributed by atoms with E-state index in [4.69, 9.17) is 10.8 Å². The normalized spacial score (nSPS) is 13.5. The van der Waals surface area contributed by atoms with E-state index in [1.165, 1.54) is 0 Å². The molecule has 1 rings (SSSR count). The SMILES string of the molecule is CC[C@H](C)[C@H](NC(=O)CCc1ccccc1N)C(=O)O. The van der Waals surface area contributed by atoms with Gasteiger partial charge in [0.2, 0.25) is 5.91 Å². The van der Waals surface area contributed by atoms with Gasteiger partial charge in [0.25, 0.3) is 0 Å². The molecule has 2 atom stereocenters. The van der Waals surface area contributed by atoms with Crippen LogP contribution in [-0.4, -0.2) is 23.0 Å². The molecule has 0 bridgehead atoms. The van der Waals surface area contributed by atoms with E-state index in [2.05, 4.69) is 5.32 Å². The molecule has 110 valence electrons. The summed E-state index contributed by atoms with van der Waals surface area (Å²) in [5.74, 6) is -1.36. The van der Waals surface area contributed by atoms with Crippen molar-refractivity contribution in [2.75, 3.05) is 5.73 Å². The molecule has 0 spiro atoms. The minimum atomic E-state index is -0.994. The number of aryl methyl sites for hydroxylation is 1. The average Bonchev–Trinajstić information content (AvgIpc) is 2.42. The number of para-hydroxylation sites is 1. The lowest BCUT2D eigenvalue weighted by Gasteiger charge is -2.20. The molecule has 5 nitrogen and oxygen atoms in total. The zero-order chi connectivity index (χ0) is 15.1. The van der Waals surface area contributed by atoms with Crippen LogP contribution in [0, 0.1) is 5.92 Å². The Hall–Kier alpha value is -2.04. The van der Waals surface area contributed by atoms with Crippen molar-refractivity contribution >= 4 is 17.6 Å². The summed E-state index contributed by atoms with van der Waals surface area (Å²) in [6, 6.07) is 6.52. The molecule has 5 heteroatoms. The molecule has 0 aliphatic carbocycles. The van der Waals surface area contributed by atoms with Crippen molar-refractivity contribution in [3.8, 4) is 0 Å². The molecule has 1 aromatic carbocycles. The minimum Gasteiger partial charge on any atom is -0.480 e. The number of nitrogens with two attached hydrogens (primary N) is 1. The first-order valence-electron chi connectivity index (χ1n) is 6.81. The first-order chi connectivity index (χ1) is 9.45. The predicted molar refractivity (Wildman–Crippen MR) is 78.2 cm³/mol. The van der Waals surface area contributed by atoms with Crippen LogP contribution < -0.4 is 11.1 Å². The molecule has 4 N–H and O–H groups in total. The van der Waals surface area contributed by atoms with Crippen LogP contribution in [0.4, 0.5) is 5.69 Å². The van der Waals surface area contributed by atoms with Crippen molar-refractivity contribution in [2.24, 2.45) is 5.92 Å². The largest absolute Gasteiger partial charge is 0.480 e. The molecule has 0 unspecified atom stereocenters. The Morgan fingerprint density at radius 1 is 1.35 bits per heavy atom. The maximum Gasteiger partial charge on any atom is 0.326 e. The van der Waals surface area contributed by atoms with E-state index >= 15 is 0 Å². The van der Waals surface area contributed by atoms with Gasteiger partial charge in [0.1, 0.15) is 6.04 Å². The van der Waals surface area contributed by atoms with E-state index in [0.717, 1.165) is 5.56 Å². The maximum absolute atomic E-state index is 11.8.